The number of hydrogen-bond donors (Lipinski definition) is 0. The van der Waals surface area contributed by atoms with Gasteiger partial charge in [-0.15, -0.1) is 0 Å². The Kier molecular flexibility index (Phi) is 3.69. The van der Waals surface area contributed by atoms with Crippen LogP contribution in [0.2, 0.25) is 0 Å². The van der Waals surface area contributed by atoms with E-state index in [9.17, 15) is 22.4 Å². The zero-order chi connectivity index (χ0) is 14.1. The molecule has 0 radical (unpaired) electrons. The Labute approximate surface area is 102 Å². The lowest BCUT2D eigenvalue weighted by molar-refractivity contribution is -0.137. The van der Waals surface area contributed by atoms with Crippen molar-refractivity contribution < 1.29 is 27.1 Å². The summed E-state index contributed by atoms with van der Waals surface area (Å²) in [6, 6.07) is 1.61. The van der Waals surface area contributed by atoms with Crippen LogP contribution in [-0.2, 0) is 10.9 Å². The van der Waals surface area contributed by atoms with Gasteiger partial charge in [0.25, 0.3) is 0 Å². The van der Waals surface area contributed by atoms with Gasteiger partial charge < -0.3 is 4.74 Å². The standard InChI is InChI=1S/C12H12F4O2/c1-11(2,3)18-10(17)7-4-8(12(14,15)16)6-9(13)5-7/h4-6H,1-3H3. The molecule has 0 atom stereocenters. The molecule has 1 rings (SSSR count). The van der Waals surface area contributed by atoms with Gasteiger partial charge in [0.2, 0.25) is 0 Å². The van der Waals surface area contributed by atoms with Gasteiger partial charge in [-0.1, -0.05) is 0 Å². The number of hydrogen-bond acceptors (Lipinski definition) is 2. The third-order valence-corrected chi connectivity index (χ3v) is 1.86. The zero-order valence-electron chi connectivity index (χ0n) is 10.1. The van der Waals surface area contributed by atoms with Crippen LogP contribution in [0.3, 0.4) is 0 Å². The fourth-order valence-electron chi connectivity index (χ4n) is 1.21. The van der Waals surface area contributed by atoms with Crippen LogP contribution in [0.5, 0.6) is 0 Å². The summed E-state index contributed by atoms with van der Waals surface area (Å²) >= 11 is 0. The van der Waals surface area contributed by atoms with E-state index < -0.39 is 34.7 Å². The van der Waals surface area contributed by atoms with Gasteiger partial charge in [-0.3, -0.25) is 0 Å². The van der Waals surface area contributed by atoms with Gasteiger partial charge in [-0.25, -0.2) is 9.18 Å². The normalized spacial score (nSPS) is 12.4. The maximum Gasteiger partial charge on any atom is 0.416 e. The first-order valence-electron chi connectivity index (χ1n) is 5.10. The Bertz CT molecular complexity index is 458. The lowest BCUT2D eigenvalue weighted by atomic mass is 10.1. The molecular weight excluding hydrogens is 252 g/mol. The molecule has 0 saturated heterocycles. The van der Waals surface area contributed by atoms with Crippen LogP contribution < -0.4 is 0 Å². The Morgan fingerprint density at radius 1 is 1.11 bits per heavy atom. The predicted molar refractivity (Wildman–Crippen MR) is 56.6 cm³/mol. The van der Waals surface area contributed by atoms with E-state index in [1.807, 2.05) is 0 Å². The second kappa shape index (κ2) is 4.59. The van der Waals surface area contributed by atoms with Crippen molar-refractivity contribution in [2.45, 2.75) is 32.5 Å². The van der Waals surface area contributed by atoms with Crippen LogP contribution in [0, 0.1) is 5.82 Å². The molecule has 1 aromatic rings. The maximum absolute atomic E-state index is 13.0. The SMILES string of the molecule is CC(C)(C)OC(=O)c1cc(F)cc(C(F)(F)F)c1. The molecule has 0 bridgehead atoms. The van der Waals surface area contributed by atoms with Crippen molar-refractivity contribution in [2.75, 3.05) is 0 Å². The molecule has 0 amide bonds. The highest BCUT2D eigenvalue weighted by Gasteiger charge is 2.32. The molecule has 0 aromatic heterocycles. The summed E-state index contributed by atoms with van der Waals surface area (Å²) in [5.41, 5.74) is -2.54. The molecule has 18 heavy (non-hydrogen) atoms. The second-order valence-corrected chi connectivity index (χ2v) is 4.73. The Hall–Kier alpha value is -1.59. The van der Waals surface area contributed by atoms with Gasteiger partial charge >= 0.3 is 12.1 Å². The number of ether oxygens (including phenoxy) is 1. The van der Waals surface area contributed by atoms with E-state index in [2.05, 4.69) is 0 Å². The highest BCUT2D eigenvalue weighted by molar-refractivity contribution is 5.89. The van der Waals surface area contributed by atoms with Gasteiger partial charge in [0.05, 0.1) is 11.1 Å². The molecule has 0 unspecified atom stereocenters. The predicted octanol–water partition coefficient (Wildman–Crippen LogP) is 3.80. The first kappa shape index (κ1) is 14.5. The Balaban J connectivity index is 3.11. The van der Waals surface area contributed by atoms with Crippen molar-refractivity contribution in [3.05, 3.63) is 35.1 Å². The van der Waals surface area contributed by atoms with Gasteiger partial charge in [0, 0.05) is 0 Å². The second-order valence-electron chi connectivity index (χ2n) is 4.73. The van der Waals surface area contributed by atoms with Crippen molar-refractivity contribution in [1.82, 2.24) is 0 Å². The first-order chi connectivity index (χ1) is 7.99. The number of carbonyl (C=O) groups excluding carboxylic acids is 1. The molecule has 0 N–H and O–H groups in total. The number of alkyl halides is 3. The molecule has 0 spiro atoms. The van der Waals surface area contributed by atoms with E-state index in [0.29, 0.717) is 18.2 Å². The highest BCUT2D eigenvalue weighted by atomic mass is 19.4. The van der Waals surface area contributed by atoms with Gasteiger partial charge in [-0.05, 0) is 39.0 Å². The summed E-state index contributed by atoms with van der Waals surface area (Å²) in [5, 5.41) is 0. The minimum Gasteiger partial charge on any atom is -0.456 e. The fourth-order valence-corrected chi connectivity index (χ4v) is 1.21. The van der Waals surface area contributed by atoms with E-state index in [-0.39, 0.29) is 0 Å². The molecule has 0 heterocycles. The van der Waals surface area contributed by atoms with Crippen molar-refractivity contribution in [3.8, 4) is 0 Å². The van der Waals surface area contributed by atoms with Crippen LogP contribution in [0.4, 0.5) is 17.6 Å². The van der Waals surface area contributed by atoms with Crippen molar-refractivity contribution in [2.24, 2.45) is 0 Å². The summed E-state index contributed by atoms with van der Waals surface area (Å²) in [4.78, 5) is 11.5. The van der Waals surface area contributed by atoms with E-state index in [1.165, 1.54) is 0 Å². The van der Waals surface area contributed by atoms with Crippen molar-refractivity contribution in [3.63, 3.8) is 0 Å². The molecule has 100 valence electrons. The number of rotatable bonds is 1. The molecule has 0 saturated carbocycles. The molecule has 2 nitrogen and oxygen atoms in total. The lowest BCUT2D eigenvalue weighted by Gasteiger charge is -2.19. The first-order valence-corrected chi connectivity index (χ1v) is 5.10. The van der Waals surface area contributed by atoms with Gasteiger partial charge in [0.15, 0.2) is 0 Å². The fraction of sp³-hybridized carbons (Fsp3) is 0.417. The van der Waals surface area contributed by atoms with Crippen LogP contribution in [0.25, 0.3) is 0 Å². The summed E-state index contributed by atoms with van der Waals surface area (Å²) in [6.07, 6.45) is -4.71. The summed E-state index contributed by atoms with van der Waals surface area (Å²) in [6.45, 7) is 4.69. The lowest BCUT2D eigenvalue weighted by Crippen LogP contribution is -2.24. The monoisotopic (exact) mass is 264 g/mol. The van der Waals surface area contributed by atoms with Gasteiger partial charge in [0.1, 0.15) is 11.4 Å². The van der Waals surface area contributed by atoms with Crippen LogP contribution >= 0.6 is 0 Å². The van der Waals surface area contributed by atoms with Crippen LogP contribution in [0.1, 0.15) is 36.7 Å². The molecule has 6 heteroatoms. The topological polar surface area (TPSA) is 26.3 Å². The summed E-state index contributed by atoms with van der Waals surface area (Å²) in [7, 11) is 0. The smallest absolute Gasteiger partial charge is 0.416 e. The Morgan fingerprint density at radius 2 is 1.67 bits per heavy atom. The molecule has 1 aromatic carbocycles. The third kappa shape index (κ3) is 4.01. The van der Waals surface area contributed by atoms with E-state index in [4.69, 9.17) is 4.74 Å². The molecule has 0 aliphatic rings. The number of carbonyl (C=O) groups is 1. The molecule has 0 fully saturated rings. The van der Waals surface area contributed by atoms with Gasteiger partial charge in [-0.2, -0.15) is 13.2 Å². The largest absolute Gasteiger partial charge is 0.456 e. The van der Waals surface area contributed by atoms with Crippen LogP contribution in [-0.4, -0.2) is 11.6 Å². The third-order valence-electron chi connectivity index (χ3n) is 1.86. The molecular formula is C12H12F4O2. The minimum absolute atomic E-state index is 0.327. The maximum atomic E-state index is 13.0. The quantitative estimate of drug-likeness (QED) is 0.569. The molecule has 0 aliphatic heterocycles. The number of benzene rings is 1. The average Bonchev–Trinajstić information content (AvgIpc) is 2.12. The summed E-state index contributed by atoms with van der Waals surface area (Å²) < 4.78 is 55.2. The van der Waals surface area contributed by atoms with E-state index in [1.54, 1.807) is 20.8 Å². The summed E-state index contributed by atoms with van der Waals surface area (Å²) in [5.74, 6) is -2.13. The van der Waals surface area contributed by atoms with Crippen LogP contribution in [0.15, 0.2) is 18.2 Å². The average molecular weight is 264 g/mol. The van der Waals surface area contributed by atoms with E-state index in [0.717, 1.165) is 0 Å². The van der Waals surface area contributed by atoms with Crippen molar-refractivity contribution in [1.29, 1.82) is 0 Å². The van der Waals surface area contributed by atoms with Crippen molar-refractivity contribution >= 4 is 5.97 Å². The minimum atomic E-state index is -4.71. The number of esters is 1. The molecule has 0 aliphatic carbocycles. The van der Waals surface area contributed by atoms with E-state index >= 15 is 0 Å². The zero-order valence-corrected chi connectivity index (χ0v) is 10.1. The Morgan fingerprint density at radius 3 is 2.11 bits per heavy atom. The number of halogens is 4. The highest BCUT2D eigenvalue weighted by Crippen LogP contribution is 2.30.